The van der Waals surface area contributed by atoms with Gasteiger partial charge in [-0.3, -0.25) is 14.7 Å². The fraction of sp³-hybridized carbons (Fsp3) is 0.375. The van der Waals surface area contributed by atoms with Gasteiger partial charge in [0.25, 0.3) is 0 Å². The number of pyridine rings is 2. The first kappa shape index (κ1) is 23.2. The minimum atomic E-state index is -3.18. The molecule has 2 aliphatic rings. The van der Waals surface area contributed by atoms with Crippen molar-refractivity contribution in [1.29, 1.82) is 0 Å². The van der Waals surface area contributed by atoms with E-state index in [1.807, 2.05) is 18.3 Å². The molecule has 35 heavy (non-hydrogen) atoms. The van der Waals surface area contributed by atoms with Crippen molar-refractivity contribution in [3.05, 3.63) is 54.2 Å². The zero-order chi connectivity index (χ0) is 24.6. The van der Waals surface area contributed by atoms with Crippen LogP contribution in [0.15, 0.2) is 42.9 Å². The number of carbonyl (C=O) groups excluding carboxylic acids is 1. The third-order valence-corrected chi connectivity index (χ3v) is 5.96. The Balaban J connectivity index is 1.38. The van der Waals surface area contributed by atoms with Gasteiger partial charge in [-0.05, 0) is 17.7 Å². The number of alkyl halides is 2. The average molecular weight is 482 g/mol. The lowest BCUT2D eigenvalue weighted by Crippen LogP contribution is -2.65. The smallest absolute Gasteiger partial charge is 0.303 e. The van der Waals surface area contributed by atoms with Crippen LogP contribution in [0.25, 0.3) is 11.3 Å². The molecule has 182 valence electrons. The van der Waals surface area contributed by atoms with Gasteiger partial charge in [-0.2, -0.15) is 8.78 Å². The standard InChI is InChI=1S/C24H25F2N7O2/c1-15(34)30-21-7-19(31-20-5-6-27-22(32-20)23(2,25)26)17(9-29-21)18-4-3-16(8-28-18)10-33-11-24(12-33)13-35-14-24/h3-9H,10-14H2,1-2H3,(H2,27,29,30,31,32,34). The van der Waals surface area contributed by atoms with Gasteiger partial charge in [0.15, 0.2) is 0 Å². The van der Waals surface area contributed by atoms with Crippen LogP contribution in [0.5, 0.6) is 0 Å². The molecule has 0 radical (unpaired) electrons. The Labute approximate surface area is 201 Å². The van der Waals surface area contributed by atoms with E-state index >= 15 is 0 Å². The van der Waals surface area contributed by atoms with E-state index in [0.29, 0.717) is 28.2 Å². The number of nitrogens with one attached hydrogen (secondary N) is 2. The Bertz CT molecular complexity index is 1240. The Hall–Kier alpha value is -3.57. The number of ether oxygens (including phenoxy) is 1. The molecular formula is C24H25F2N7O2. The minimum Gasteiger partial charge on any atom is -0.380 e. The fourth-order valence-electron chi connectivity index (χ4n) is 4.31. The van der Waals surface area contributed by atoms with E-state index in [0.717, 1.165) is 45.3 Å². The summed E-state index contributed by atoms with van der Waals surface area (Å²) in [6.45, 7) is 6.70. The van der Waals surface area contributed by atoms with E-state index in [9.17, 15) is 13.6 Å². The molecule has 5 heterocycles. The molecule has 2 N–H and O–H groups in total. The summed E-state index contributed by atoms with van der Waals surface area (Å²) in [4.78, 5) is 30.4. The summed E-state index contributed by atoms with van der Waals surface area (Å²) in [5, 5.41) is 5.68. The van der Waals surface area contributed by atoms with Gasteiger partial charge in [-0.25, -0.2) is 15.0 Å². The van der Waals surface area contributed by atoms with Gasteiger partial charge >= 0.3 is 5.92 Å². The molecule has 11 heteroatoms. The van der Waals surface area contributed by atoms with E-state index < -0.39 is 11.7 Å². The van der Waals surface area contributed by atoms with Crippen LogP contribution in [0.3, 0.4) is 0 Å². The quantitative estimate of drug-likeness (QED) is 0.528. The molecule has 1 amide bonds. The maximum atomic E-state index is 13.7. The highest BCUT2D eigenvalue weighted by molar-refractivity contribution is 5.89. The molecule has 3 aromatic rings. The highest BCUT2D eigenvalue weighted by Crippen LogP contribution is 2.38. The van der Waals surface area contributed by atoms with Crippen molar-refractivity contribution >= 4 is 23.2 Å². The summed E-state index contributed by atoms with van der Waals surface area (Å²) < 4.78 is 32.8. The van der Waals surface area contributed by atoms with E-state index in [-0.39, 0.29) is 11.7 Å². The minimum absolute atomic E-state index is 0.182. The molecule has 1 spiro atoms. The molecule has 0 atom stereocenters. The van der Waals surface area contributed by atoms with Gasteiger partial charge in [0.2, 0.25) is 11.7 Å². The molecule has 0 saturated carbocycles. The summed E-state index contributed by atoms with van der Waals surface area (Å²) >= 11 is 0. The van der Waals surface area contributed by atoms with Crippen LogP contribution in [0.1, 0.15) is 25.2 Å². The van der Waals surface area contributed by atoms with Crippen molar-refractivity contribution in [1.82, 2.24) is 24.8 Å². The lowest BCUT2D eigenvalue weighted by Gasteiger charge is -2.55. The molecule has 5 rings (SSSR count). The predicted molar refractivity (Wildman–Crippen MR) is 125 cm³/mol. The Morgan fingerprint density at radius 2 is 1.94 bits per heavy atom. The van der Waals surface area contributed by atoms with Crippen molar-refractivity contribution in [2.75, 3.05) is 36.9 Å². The largest absolute Gasteiger partial charge is 0.380 e. The van der Waals surface area contributed by atoms with Crippen LogP contribution < -0.4 is 10.6 Å². The van der Waals surface area contributed by atoms with E-state index in [1.165, 1.54) is 19.2 Å². The average Bonchev–Trinajstić information content (AvgIpc) is 2.75. The zero-order valence-corrected chi connectivity index (χ0v) is 19.4. The summed E-state index contributed by atoms with van der Waals surface area (Å²) in [6, 6.07) is 7.00. The zero-order valence-electron chi connectivity index (χ0n) is 19.4. The molecule has 0 aliphatic carbocycles. The first-order chi connectivity index (χ1) is 16.7. The number of nitrogens with zero attached hydrogens (tertiary/aromatic N) is 5. The number of rotatable bonds is 7. The summed E-state index contributed by atoms with van der Waals surface area (Å²) in [5.74, 6) is -3.57. The molecule has 3 aromatic heterocycles. The second-order valence-corrected chi connectivity index (χ2v) is 9.26. The van der Waals surface area contributed by atoms with Gasteiger partial charge in [-0.1, -0.05) is 6.07 Å². The first-order valence-corrected chi connectivity index (χ1v) is 11.2. The predicted octanol–water partition coefficient (Wildman–Crippen LogP) is 3.58. The number of hydrogen-bond acceptors (Lipinski definition) is 8. The summed E-state index contributed by atoms with van der Waals surface area (Å²) in [5.41, 5.74) is 3.22. The monoisotopic (exact) mass is 481 g/mol. The molecule has 9 nitrogen and oxygen atoms in total. The van der Waals surface area contributed by atoms with Gasteiger partial charge < -0.3 is 15.4 Å². The van der Waals surface area contributed by atoms with Crippen molar-refractivity contribution < 1.29 is 18.3 Å². The van der Waals surface area contributed by atoms with Gasteiger partial charge in [0.05, 0.1) is 24.6 Å². The van der Waals surface area contributed by atoms with Crippen molar-refractivity contribution in [2.45, 2.75) is 26.3 Å². The third kappa shape index (κ3) is 5.10. The van der Waals surface area contributed by atoms with Crippen LogP contribution >= 0.6 is 0 Å². The van der Waals surface area contributed by atoms with Crippen LogP contribution in [0.2, 0.25) is 0 Å². The van der Waals surface area contributed by atoms with Crippen molar-refractivity contribution in [3.8, 4) is 11.3 Å². The highest BCUT2D eigenvalue weighted by Gasteiger charge is 2.48. The maximum Gasteiger partial charge on any atom is 0.303 e. The number of halogens is 2. The lowest BCUT2D eigenvalue weighted by atomic mass is 9.78. The number of hydrogen-bond donors (Lipinski definition) is 2. The summed E-state index contributed by atoms with van der Waals surface area (Å²) in [7, 11) is 0. The van der Waals surface area contributed by atoms with E-state index in [2.05, 4.69) is 35.5 Å². The van der Waals surface area contributed by atoms with Crippen LogP contribution in [0, 0.1) is 5.41 Å². The summed E-state index contributed by atoms with van der Waals surface area (Å²) in [6.07, 6.45) is 4.66. The molecule has 2 saturated heterocycles. The molecule has 0 aromatic carbocycles. The van der Waals surface area contributed by atoms with Gasteiger partial charge in [0.1, 0.15) is 11.6 Å². The second-order valence-electron chi connectivity index (χ2n) is 9.26. The molecule has 2 fully saturated rings. The highest BCUT2D eigenvalue weighted by atomic mass is 19.3. The normalized spacial score (nSPS) is 16.9. The third-order valence-electron chi connectivity index (χ3n) is 5.96. The lowest BCUT2D eigenvalue weighted by molar-refractivity contribution is -0.191. The van der Waals surface area contributed by atoms with E-state index in [1.54, 1.807) is 12.3 Å². The molecule has 2 aliphatic heterocycles. The number of carbonyl (C=O) groups is 1. The van der Waals surface area contributed by atoms with E-state index in [4.69, 9.17) is 4.74 Å². The SMILES string of the molecule is CC(=O)Nc1cc(Nc2ccnc(C(C)(F)F)n2)c(-c2ccc(CN3CC4(COC4)C3)cn2)cn1. The number of aromatic nitrogens is 4. The van der Waals surface area contributed by atoms with Crippen molar-refractivity contribution in [3.63, 3.8) is 0 Å². The fourth-order valence-corrected chi connectivity index (χ4v) is 4.31. The second kappa shape index (κ2) is 8.90. The van der Waals surface area contributed by atoms with Crippen LogP contribution in [0.4, 0.5) is 26.1 Å². The van der Waals surface area contributed by atoms with Gasteiger partial charge in [-0.15, -0.1) is 0 Å². The number of anilines is 3. The Morgan fingerprint density at radius 3 is 2.57 bits per heavy atom. The Morgan fingerprint density at radius 1 is 1.14 bits per heavy atom. The molecular weight excluding hydrogens is 456 g/mol. The molecule has 0 bridgehead atoms. The van der Waals surface area contributed by atoms with Gasteiger partial charge in [0, 0.05) is 69.1 Å². The topological polar surface area (TPSA) is 105 Å². The molecule has 0 unspecified atom stereocenters. The van der Waals surface area contributed by atoms with Crippen LogP contribution in [-0.2, 0) is 22.0 Å². The number of amides is 1. The maximum absolute atomic E-state index is 13.7. The Kier molecular flexibility index (Phi) is 5.89. The van der Waals surface area contributed by atoms with Crippen molar-refractivity contribution in [2.24, 2.45) is 5.41 Å². The van der Waals surface area contributed by atoms with Crippen LogP contribution in [-0.4, -0.2) is 57.0 Å². The first-order valence-electron chi connectivity index (χ1n) is 11.2. The number of likely N-dealkylation sites (tertiary alicyclic amines) is 1.